The van der Waals surface area contributed by atoms with Gasteiger partial charge in [-0.3, -0.25) is 4.79 Å². The van der Waals surface area contributed by atoms with Gasteiger partial charge in [0.15, 0.2) is 0 Å². The lowest BCUT2D eigenvalue weighted by atomic mass is 9.90. The van der Waals surface area contributed by atoms with Crippen molar-refractivity contribution in [3.05, 3.63) is 69.7 Å². The zero-order valence-corrected chi connectivity index (χ0v) is 20.2. The van der Waals surface area contributed by atoms with Crippen LogP contribution < -0.4 is 0 Å². The summed E-state index contributed by atoms with van der Waals surface area (Å²) in [6.45, 7) is 8.82. The van der Waals surface area contributed by atoms with Crippen LogP contribution in [0.2, 0.25) is 10.0 Å². The van der Waals surface area contributed by atoms with Gasteiger partial charge < -0.3 is 9.64 Å². The maximum absolute atomic E-state index is 13.2. The van der Waals surface area contributed by atoms with Crippen molar-refractivity contribution in [3.8, 4) is 0 Å². The molecule has 0 N–H and O–H groups in total. The number of hydrogen-bond acceptors (Lipinski definition) is 3. The highest BCUT2D eigenvalue weighted by atomic mass is 35.5. The average Bonchev–Trinajstić information content (AvgIpc) is 2.70. The molecule has 0 saturated carbocycles. The fourth-order valence-corrected chi connectivity index (χ4v) is 5.94. The van der Waals surface area contributed by atoms with Gasteiger partial charge in [0.05, 0.1) is 6.04 Å². The van der Waals surface area contributed by atoms with E-state index >= 15 is 0 Å². The first-order valence-electron chi connectivity index (χ1n) is 10.4. The van der Waals surface area contributed by atoms with E-state index in [1.54, 1.807) is 0 Å². The molecule has 0 spiro atoms. The van der Waals surface area contributed by atoms with Crippen molar-refractivity contribution >= 4 is 40.9 Å². The minimum atomic E-state index is -0.298. The Morgan fingerprint density at radius 1 is 1.07 bits per heavy atom. The van der Waals surface area contributed by atoms with E-state index in [0.717, 1.165) is 17.5 Å². The number of nitrogens with zero attached hydrogens (tertiary/aromatic N) is 1. The quantitative estimate of drug-likeness (QED) is 0.443. The molecule has 3 rings (SSSR count). The summed E-state index contributed by atoms with van der Waals surface area (Å²) in [5.74, 6) is 0.0243. The Morgan fingerprint density at radius 3 is 2.37 bits per heavy atom. The van der Waals surface area contributed by atoms with Crippen LogP contribution in [0.1, 0.15) is 57.4 Å². The Morgan fingerprint density at radius 2 is 1.77 bits per heavy atom. The van der Waals surface area contributed by atoms with Gasteiger partial charge in [0.1, 0.15) is 12.7 Å². The van der Waals surface area contributed by atoms with E-state index in [1.807, 2.05) is 60.3 Å². The van der Waals surface area contributed by atoms with E-state index in [9.17, 15) is 4.79 Å². The topological polar surface area (TPSA) is 29.5 Å². The maximum atomic E-state index is 13.2. The number of amides is 1. The molecule has 0 unspecified atom stereocenters. The first-order valence-corrected chi connectivity index (χ1v) is 12.1. The number of carbonyl (C=O) groups excluding carboxylic acids is 1. The fraction of sp³-hybridized carbons (Fsp3) is 0.458. The highest BCUT2D eigenvalue weighted by Crippen LogP contribution is 2.43. The van der Waals surface area contributed by atoms with E-state index in [0.29, 0.717) is 20.5 Å². The van der Waals surface area contributed by atoms with Crippen LogP contribution in [0.3, 0.4) is 0 Å². The van der Waals surface area contributed by atoms with Crippen molar-refractivity contribution in [3.63, 3.8) is 0 Å². The van der Waals surface area contributed by atoms with Crippen LogP contribution in [-0.4, -0.2) is 34.0 Å². The lowest BCUT2D eigenvalue weighted by Gasteiger charge is -2.47. The van der Waals surface area contributed by atoms with Crippen molar-refractivity contribution in [1.29, 1.82) is 0 Å². The van der Waals surface area contributed by atoms with Gasteiger partial charge in [0, 0.05) is 21.3 Å². The monoisotopic (exact) mass is 465 g/mol. The van der Waals surface area contributed by atoms with E-state index in [1.165, 1.54) is 0 Å². The Balaban J connectivity index is 2.08. The second-order valence-corrected chi connectivity index (χ2v) is 10.8. The van der Waals surface area contributed by atoms with Gasteiger partial charge in [-0.1, -0.05) is 75.2 Å². The molecule has 1 heterocycles. The zero-order chi connectivity index (χ0) is 21.8. The zero-order valence-electron chi connectivity index (χ0n) is 17.8. The molecule has 0 aromatic heterocycles. The summed E-state index contributed by atoms with van der Waals surface area (Å²) in [5, 5.41) is 2.11. The summed E-state index contributed by atoms with van der Waals surface area (Å²) in [4.78, 5) is 15.3. The number of morpholine rings is 1. The third kappa shape index (κ3) is 5.34. The first-order chi connectivity index (χ1) is 14.3. The van der Waals surface area contributed by atoms with Crippen LogP contribution in [-0.2, 0) is 9.53 Å². The SMILES string of the molecule is CC[C@@H]([C@H](C)SC(C)C)N1C(=O)CO[C@H](c2cccc(Cl)c2)[C@H]1c1ccc(Cl)cc1. The van der Waals surface area contributed by atoms with Crippen molar-refractivity contribution in [2.24, 2.45) is 0 Å². The van der Waals surface area contributed by atoms with Gasteiger partial charge in [0.25, 0.3) is 0 Å². The number of benzene rings is 2. The van der Waals surface area contributed by atoms with Gasteiger partial charge in [0.2, 0.25) is 5.91 Å². The summed E-state index contributed by atoms with van der Waals surface area (Å²) < 4.78 is 6.12. The van der Waals surface area contributed by atoms with Crippen molar-refractivity contribution in [2.45, 2.75) is 62.8 Å². The normalized spacial score (nSPS) is 21.7. The van der Waals surface area contributed by atoms with Gasteiger partial charge in [-0.05, 0) is 47.1 Å². The molecule has 0 aliphatic carbocycles. The molecule has 1 aliphatic rings. The molecule has 3 nitrogen and oxygen atoms in total. The lowest BCUT2D eigenvalue weighted by molar-refractivity contribution is -0.163. The summed E-state index contributed by atoms with van der Waals surface area (Å²) in [5.41, 5.74) is 1.98. The molecule has 1 amide bonds. The van der Waals surface area contributed by atoms with Crippen LogP contribution in [0.15, 0.2) is 48.5 Å². The molecule has 4 atom stereocenters. The largest absolute Gasteiger partial charge is 0.361 e. The second kappa shape index (κ2) is 10.4. The number of carbonyl (C=O) groups is 1. The molecule has 1 fully saturated rings. The van der Waals surface area contributed by atoms with Crippen LogP contribution in [0, 0.1) is 0 Å². The molecule has 2 aromatic carbocycles. The molecule has 1 saturated heterocycles. The molecule has 6 heteroatoms. The summed E-state index contributed by atoms with van der Waals surface area (Å²) in [7, 11) is 0. The standard InChI is InChI=1S/C24H29Cl2NO2S/c1-5-21(16(4)30-15(2)3)27-22(28)14-29-24(18-7-6-8-20(26)13-18)23(27)17-9-11-19(25)12-10-17/h6-13,15-16,21,23-24H,5,14H2,1-4H3/t16-,21-,23+,24+/m0/s1. The van der Waals surface area contributed by atoms with Crippen molar-refractivity contribution in [1.82, 2.24) is 4.90 Å². The number of halogens is 2. The minimum absolute atomic E-state index is 0.0243. The second-order valence-electron chi connectivity index (χ2n) is 7.95. The van der Waals surface area contributed by atoms with Gasteiger partial charge in [-0.25, -0.2) is 0 Å². The van der Waals surface area contributed by atoms with Gasteiger partial charge >= 0.3 is 0 Å². The predicted octanol–water partition coefficient (Wildman–Crippen LogP) is 6.94. The Bertz CT molecular complexity index is 859. The molecule has 30 heavy (non-hydrogen) atoms. The Hall–Kier alpha value is -1.20. The number of thioether (sulfide) groups is 1. The average molecular weight is 466 g/mol. The van der Waals surface area contributed by atoms with Crippen molar-refractivity contribution < 1.29 is 9.53 Å². The van der Waals surface area contributed by atoms with Crippen LogP contribution in [0.25, 0.3) is 0 Å². The predicted molar refractivity (Wildman–Crippen MR) is 127 cm³/mol. The van der Waals surface area contributed by atoms with Crippen LogP contribution >= 0.6 is 35.0 Å². The number of rotatable bonds is 7. The summed E-state index contributed by atoms with van der Waals surface area (Å²) >= 11 is 14.3. The Kier molecular flexibility index (Phi) is 8.14. The van der Waals surface area contributed by atoms with Gasteiger partial charge in [-0.15, -0.1) is 0 Å². The molecule has 1 aliphatic heterocycles. The van der Waals surface area contributed by atoms with Crippen LogP contribution in [0.5, 0.6) is 0 Å². The molecule has 0 radical (unpaired) electrons. The smallest absolute Gasteiger partial charge is 0.249 e. The summed E-state index contributed by atoms with van der Waals surface area (Å²) in [6, 6.07) is 15.3. The molecular weight excluding hydrogens is 437 g/mol. The number of ether oxygens (including phenoxy) is 1. The molecule has 0 bridgehead atoms. The maximum Gasteiger partial charge on any atom is 0.249 e. The van der Waals surface area contributed by atoms with E-state index in [4.69, 9.17) is 27.9 Å². The first kappa shape index (κ1) is 23.5. The highest BCUT2D eigenvalue weighted by molar-refractivity contribution is 8.00. The summed E-state index contributed by atoms with van der Waals surface area (Å²) in [6.07, 6.45) is 0.576. The third-order valence-corrected chi connectivity index (χ3v) is 7.23. The Labute approximate surface area is 194 Å². The van der Waals surface area contributed by atoms with Crippen molar-refractivity contribution in [2.75, 3.05) is 6.61 Å². The molecule has 162 valence electrons. The van der Waals surface area contributed by atoms with E-state index in [-0.39, 0.29) is 30.7 Å². The molecular formula is C24H29Cl2NO2S. The number of hydrogen-bond donors (Lipinski definition) is 0. The lowest BCUT2D eigenvalue weighted by Crippen LogP contribution is -2.53. The third-order valence-electron chi connectivity index (χ3n) is 5.45. The highest BCUT2D eigenvalue weighted by Gasteiger charge is 2.43. The van der Waals surface area contributed by atoms with E-state index < -0.39 is 0 Å². The minimum Gasteiger partial charge on any atom is -0.361 e. The fourth-order valence-electron chi connectivity index (χ4n) is 4.25. The van der Waals surface area contributed by atoms with E-state index in [2.05, 4.69) is 32.6 Å². The van der Waals surface area contributed by atoms with Gasteiger partial charge in [-0.2, -0.15) is 11.8 Å². The van der Waals surface area contributed by atoms with Crippen LogP contribution in [0.4, 0.5) is 0 Å². The molecule has 2 aromatic rings.